The zero-order valence-electron chi connectivity index (χ0n) is 22.1. The molecule has 2 aromatic carbocycles. The zero-order valence-corrected chi connectivity index (χ0v) is 22.1. The van der Waals surface area contributed by atoms with Crippen molar-refractivity contribution in [2.24, 2.45) is 17.6 Å². The van der Waals surface area contributed by atoms with Crippen LogP contribution < -0.4 is 5.73 Å². The Balaban J connectivity index is 1.37. The van der Waals surface area contributed by atoms with Gasteiger partial charge in [0, 0.05) is 23.9 Å². The van der Waals surface area contributed by atoms with E-state index in [-0.39, 0.29) is 6.04 Å². The molecule has 0 amide bonds. The Morgan fingerprint density at radius 3 is 2.35 bits per heavy atom. The zero-order chi connectivity index (χ0) is 25.8. The van der Waals surface area contributed by atoms with Crippen LogP contribution in [0.15, 0.2) is 48.5 Å². The van der Waals surface area contributed by atoms with E-state index in [2.05, 4.69) is 76.4 Å². The van der Waals surface area contributed by atoms with Gasteiger partial charge < -0.3 is 5.73 Å². The summed E-state index contributed by atoms with van der Waals surface area (Å²) in [5, 5.41) is 19.4. The standard InChI is InChI=1S/C29H38N8/c1-19(2)8-17-27-31-29(24-15-13-22(14-16-24)20(3)30)37(34-27)18-21-9-11-23(12-10-21)25-6-4-5-7-26(25)28-32-35-36-33-28/h4-7,9-12,19-20,22,24H,8,13-18,30H2,1-3H3,(H,32,33,35,36). The summed E-state index contributed by atoms with van der Waals surface area (Å²) in [7, 11) is 0. The molecule has 8 nitrogen and oxygen atoms in total. The molecule has 0 spiro atoms. The third kappa shape index (κ3) is 5.96. The van der Waals surface area contributed by atoms with E-state index in [4.69, 9.17) is 15.8 Å². The first kappa shape index (κ1) is 25.3. The summed E-state index contributed by atoms with van der Waals surface area (Å²) in [6.07, 6.45) is 6.66. The smallest absolute Gasteiger partial charge is 0.180 e. The van der Waals surface area contributed by atoms with Crippen molar-refractivity contribution in [3.8, 4) is 22.5 Å². The van der Waals surface area contributed by atoms with Gasteiger partial charge in [-0.15, -0.1) is 5.10 Å². The van der Waals surface area contributed by atoms with Crippen LogP contribution in [0.5, 0.6) is 0 Å². The second kappa shape index (κ2) is 11.3. The molecular formula is C29H38N8. The largest absolute Gasteiger partial charge is 0.328 e. The highest BCUT2D eigenvalue weighted by Crippen LogP contribution is 2.36. The van der Waals surface area contributed by atoms with Crippen LogP contribution in [0.3, 0.4) is 0 Å². The lowest BCUT2D eigenvalue weighted by Crippen LogP contribution is -2.30. The summed E-state index contributed by atoms with van der Waals surface area (Å²) in [5.41, 5.74) is 10.6. The topological polar surface area (TPSA) is 111 Å². The monoisotopic (exact) mass is 498 g/mol. The first-order valence-electron chi connectivity index (χ1n) is 13.6. The number of aromatic amines is 1. The average Bonchev–Trinajstić information content (AvgIpc) is 3.59. The van der Waals surface area contributed by atoms with Crippen molar-refractivity contribution in [2.75, 3.05) is 0 Å². The average molecular weight is 499 g/mol. The summed E-state index contributed by atoms with van der Waals surface area (Å²) in [4.78, 5) is 5.08. The van der Waals surface area contributed by atoms with Gasteiger partial charge in [0.05, 0.1) is 6.54 Å². The van der Waals surface area contributed by atoms with Crippen LogP contribution in [0.1, 0.15) is 76.0 Å². The maximum absolute atomic E-state index is 6.20. The fourth-order valence-corrected chi connectivity index (χ4v) is 5.43. The summed E-state index contributed by atoms with van der Waals surface area (Å²) in [5.74, 6) is 4.51. The molecule has 194 valence electrons. The molecule has 1 atom stereocenters. The van der Waals surface area contributed by atoms with Gasteiger partial charge in [-0.2, -0.15) is 5.10 Å². The molecule has 5 rings (SSSR count). The fourth-order valence-electron chi connectivity index (χ4n) is 5.43. The molecule has 1 aliphatic rings. The van der Waals surface area contributed by atoms with Crippen molar-refractivity contribution in [1.82, 2.24) is 35.4 Å². The minimum absolute atomic E-state index is 0.268. The lowest BCUT2D eigenvalue weighted by Gasteiger charge is -2.30. The molecule has 2 heterocycles. The molecule has 1 fully saturated rings. The number of nitrogens with two attached hydrogens (primary N) is 1. The van der Waals surface area contributed by atoms with Crippen molar-refractivity contribution < 1.29 is 0 Å². The van der Waals surface area contributed by atoms with Gasteiger partial charge in [-0.3, -0.25) is 0 Å². The van der Waals surface area contributed by atoms with E-state index in [0.29, 0.717) is 23.6 Å². The van der Waals surface area contributed by atoms with Gasteiger partial charge in [-0.05, 0) is 78.0 Å². The third-order valence-electron chi connectivity index (χ3n) is 7.69. The second-order valence-corrected chi connectivity index (χ2v) is 10.9. The Morgan fingerprint density at radius 1 is 0.973 bits per heavy atom. The number of nitrogens with one attached hydrogen (secondary N) is 1. The number of hydrogen-bond donors (Lipinski definition) is 2. The Kier molecular flexibility index (Phi) is 7.74. The van der Waals surface area contributed by atoms with Crippen LogP contribution >= 0.6 is 0 Å². The highest BCUT2D eigenvalue weighted by atomic mass is 15.5. The van der Waals surface area contributed by atoms with Gasteiger partial charge in [-0.25, -0.2) is 14.8 Å². The van der Waals surface area contributed by atoms with E-state index in [9.17, 15) is 0 Å². The van der Waals surface area contributed by atoms with Crippen molar-refractivity contribution in [3.05, 3.63) is 65.7 Å². The van der Waals surface area contributed by atoms with E-state index in [0.717, 1.165) is 60.6 Å². The molecule has 0 radical (unpaired) electrons. The van der Waals surface area contributed by atoms with E-state index < -0.39 is 0 Å². The number of nitrogens with zero attached hydrogens (tertiary/aromatic N) is 6. The predicted octanol–water partition coefficient (Wildman–Crippen LogP) is 5.38. The number of aromatic nitrogens is 7. The Labute approximate surface area is 219 Å². The van der Waals surface area contributed by atoms with Crippen LogP contribution in [0, 0.1) is 11.8 Å². The fraction of sp³-hybridized carbons (Fsp3) is 0.483. The van der Waals surface area contributed by atoms with Gasteiger partial charge in [0.15, 0.2) is 11.6 Å². The lowest BCUT2D eigenvalue weighted by atomic mass is 9.79. The highest BCUT2D eigenvalue weighted by molar-refractivity contribution is 5.80. The first-order valence-corrected chi connectivity index (χ1v) is 13.6. The number of H-pyrrole nitrogens is 1. The molecule has 37 heavy (non-hydrogen) atoms. The van der Waals surface area contributed by atoms with Crippen LogP contribution in [0.4, 0.5) is 0 Å². The summed E-state index contributed by atoms with van der Waals surface area (Å²) in [6.45, 7) is 7.38. The normalized spacial score (nSPS) is 18.8. The van der Waals surface area contributed by atoms with E-state index in [1.54, 1.807) is 0 Å². The molecule has 3 N–H and O–H groups in total. The summed E-state index contributed by atoms with van der Waals surface area (Å²) >= 11 is 0. The van der Waals surface area contributed by atoms with E-state index in [1.807, 2.05) is 18.2 Å². The quantitative estimate of drug-likeness (QED) is 0.320. The Hall–Kier alpha value is -3.39. The summed E-state index contributed by atoms with van der Waals surface area (Å²) < 4.78 is 2.16. The molecule has 1 saturated carbocycles. The number of tetrazole rings is 1. The maximum atomic E-state index is 6.20. The molecule has 1 aliphatic carbocycles. The molecule has 0 bridgehead atoms. The van der Waals surface area contributed by atoms with Crippen LogP contribution in [0.25, 0.3) is 22.5 Å². The number of benzene rings is 2. The van der Waals surface area contributed by atoms with Crippen LogP contribution in [-0.2, 0) is 13.0 Å². The van der Waals surface area contributed by atoms with Crippen LogP contribution in [-0.4, -0.2) is 41.4 Å². The lowest BCUT2D eigenvalue weighted by molar-refractivity contribution is 0.282. The minimum atomic E-state index is 0.268. The number of hydrogen-bond acceptors (Lipinski definition) is 6. The highest BCUT2D eigenvalue weighted by Gasteiger charge is 2.28. The van der Waals surface area contributed by atoms with Gasteiger partial charge in [0.1, 0.15) is 5.82 Å². The number of aryl methyl sites for hydroxylation is 1. The Bertz CT molecular complexity index is 1270. The van der Waals surface area contributed by atoms with Crippen LogP contribution in [0.2, 0.25) is 0 Å². The first-order chi connectivity index (χ1) is 18.0. The second-order valence-electron chi connectivity index (χ2n) is 10.9. The number of rotatable bonds is 9. The van der Waals surface area contributed by atoms with Gasteiger partial charge in [0.2, 0.25) is 0 Å². The van der Waals surface area contributed by atoms with Crippen molar-refractivity contribution >= 4 is 0 Å². The third-order valence-corrected chi connectivity index (χ3v) is 7.69. The minimum Gasteiger partial charge on any atom is -0.328 e. The van der Waals surface area contributed by atoms with Crippen molar-refractivity contribution in [3.63, 3.8) is 0 Å². The molecule has 2 aromatic heterocycles. The van der Waals surface area contributed by atoms with Crippen molar-refractivity contribution in [2.45, 2.75) is 77.8 Å². The molecule has 0 aliphatic heterocycles. The SMILES string of the molecule is CC(C)CCc1nc(C2CCC(C(C)N)CC2)n(Cc2ccc(-c3ccccc3-c3nnn[nH]3)cc2)n1. The van der Waals surface area contributed by atoms with Gasteiger partial charge in [-0.1, -0.05) is 62.4 Å². The maximum Gasteiger partial charge on any atom is 0.180 e. The summed E-state index contributed by atoms with van der Waals surface area (Å²) in [6, 6.07) is 17.2. The Morgan fingerprint density at radius 2 is 1.70 bits per heavy atom. The molecule has 4 aromatic rings. The molecule has 0 saturated heterocycles. The van der Waals surface area contributed by atoms with Gasteiger partial charge in [0.25, 0.3) is 0 Å². The molecule has 1 unspecified atom stereocenters. The van der Waals surface area contributed by atoms with Crippen molar-refractivity contribution in [1.29, 1.82) is 0 Å². The van der Waals surface area contributed by atoms with Gasteiger partial charge >= 0.3 is 0 Å². The molecule has 8 heteroatoms. The van der Waals surface area contributed by atoms with E-state index >= 15 is 0 Å². The van der Waals surface area contributed by atoms with E-state index in [1.165, 1.54) is 18.4 Å². The predicted molar refractivity (Wildman–Crippen MR) is 146 cm³/mol. The molecular weight excluding hydrogens is 460 g/mol.